The van der Waals surface area contributed by atoms with Gasteiger partial charge in [-0.3, -0.25) is 33.8 Å². The predicted molar refractivity (Wildman–Crippen MR) is 210 cm³/mol. The number of aliphatic hydroxyl groups excluding tert-OH is 1. The van der Waals surface area contributed by atoms with E-state index in [2.05, 4.69) is 36.6 Å². The molecule has 0 spiro atoms. The number of carbonyl (C=O) groups is 6. The van der Waals surface area contributed by atoms with Crippen molar-refractivity contribution in [1.29, 1.82) is 0 Å². The molecule has 3 heterocycles. The number of hydrogen-bond donors (Lipinski definition) is 10. The van der Waals surface area contributed by atoms with Crippen LogP contribution < -0.4 is 43.8 Å². The summed E-state index contributed by atoms with van der Waals surface area (Å²) in [5.41, 5.74) is 18.3. The van der Waals surface area contributed by atoms with Gasteiger partial charge in [0.15, 0.2) is 5.96 Å². The summed E-state index contributed by atoms with van der Waals surface area (Å²) in [5.74, 6) is -4.53. The van der Waals surface area contributed by atoms with Crippen LogP contribution in [0, 0.1) is 5.92 Å². The Morgan fingerprint density at radius 1 is 0.839 bits per heavy atom. The number of fused-ring (bicyclic) bond motifs is 2. The topological polar surface area (TPSA) is 292 Å². The average molecular weight is 782 g/mol. The molecule has 6 amide bonds. The molecule has 0 radical (unpaired) electrons. The second kappa shape index (κ2) is 20.6. The van der Waals surface area contributed by atoms with Crippen LogP contribution in [-0.2, 0) is 35.2 Å². The molecule has 18 heteroatoms. The van der Waals surface area contributed by atoms with Crippen molar-refractivity contribution in [2.75, 3.05) is 19.6 Å². The van der Waals surface area contributed by atoms with Gasteiger partial charge in [0.25, 0.3) is 0 Å². The highest BCUT2D eigenvalue weighted by molar-refractivity contribution is 5.99. The fraction of sp³-hybridized carbons (Fsp3) is 0.605. The van der Waals surface area contributed by atoms with Crippen molar-refractivity contribution in [3.63, 3.8) is 0 Å². The van der Waals surface area contributed by atoms with E-state index in [0.29, 0.717) is 32.2 Å². The maximum atomic E-state index is 14.5. The van der Waals surface area contributed by atoms with Crippen LogP contribution >= 0.6 is 0 Å². The lowest BCUT2D eigenvalue weighted by Crippen LogP contribution is -2.63. The second-order valence-electron chi connectivity index (χ2n) is 14.8. The third-order valence-corrected chi connectivity index (χ3v) is 10.6. The van der Waals surface area contributed by atoms with Gasteiger partial charge in [-0.05, 0) is 76.0 Å². The summed E-state index contributed by atoms with van der Waals surface area (Å²) in [7, 11) is 0. The van der Waals surface area contributed by atoms with E-state index in [4.69, 9.17) is 17.2 Å². The molecule has 0 aliphatic carbocycles. The molecule has 4 rings (SSSR count). The van der Waals surface area contributed by atoms with Gasteiger partial charge in [0, 0.05) is 36.6 Å². The number of amides is 6. The highest BCUT2D eigenvalue weighted by Crippen LogP contribution is 2.24. The first-order valence-corrected chi connectivity index (χ1v) is 19.6. The van der Waals surface area contributed by atoms with Gasteiger partial charge >= 0.3 is 0 Å². The van der Waals surface area contributed by atoms with Crippen LogP contribution in [-0.4, -0.2) is 118 Å². The third-order valence-electron chi connectivity index (χ3n) is 10.6. The van der Waals surface area contributed by atoms with Crippen molar-refractivity contribution in [2.45, 2.75) is 121 Å². The first-order valence-electron chi connectivity index (χ1n) is 19.6. The Kier molecular flexibility index (Phi) is 16.0. The summed E-state index contributed by atoms with van der Waals surface area (Å²) < 4.78 is 0. The van der Waals surface area contributed by atoms with Gasteiger partial charge in [0.05, 0.1) is 6.10 Å². The first kappa shape index (κ1) is 43.5. The number of aliphatic imine (C=N–C) groups is 1. The summed E-state index contributed by atoms with van der Waals surface area (Å²) in [6.45, 7) is 5.62. The van der Waals surface area contributed by atoms with Crippen LogP contribution in [0.2, 0.25) is 0 Å². The van der Waals surface area contributed by atoms with Crippen LogP contribution in [0.25, 0.3) is 10.9 Å². The van der Waals surface area contributed by atoms with Gasteiger partial charge in [-0.2, -0.15) is 0 Å². The fourth-order valence-electron chi connectivity index (χ4n) is 7.16. The number of H-pyrrole nitrogens is 1. The molecule has 13 N–H and O–H groups in total. The Morgan fingerprint density at radius 3 is 2.12 bits per heavy atom. The number of nitrogens with zero attached hydrogens (tertiary/aromatic N) is 2. The molecule has 56 heavy (non-hydrogen) atoms. The molecule has 308 valence electrons. The SMILES string of the molecule is CC[C@H](C)[C@@H]1NC(=O)[C@H]([C@@H](C)O)NC(=O)[C@H]2CCCN2C(=O)[C@H](Cc2c[nH]c3ccccc23)NC(=O)[C@H](CCCN=C(N)N)NC(=O)[C@@H](CCCCN)NC1=O. The molecule has 2 saturated heterocycles. The third kappa shape index (κ3) is 11.4. The zero-order chi connectivity index (χ0) is 40.9. The normalized spacial score (nSPS) is 25.5. The average Bonchev–Trinajstić information content (AvgIpc) is 3.83. The number of nitrogens with one attached hydrogen (secondary N) is 6. The lowest BCUT2D eigenvalue weighted by atomic mass is 9.96. The van der Waals surface area contributed by atoms with Crippen molar-refractivity contribution in [1.82, 2.24) is 36.5 Å². The van der Waals surface area contributed by atoms with Crippen molar-refractivity contribution in [2.24, 2.45) is 28.1 Å². The number of carbonyl (C=O) groups excluding carboxylic acids is 6. The summed E-state index contributed by atoms with van der Waals surface area (Å²) in [6, 6.07) is 0.360. The minimum atomic E-state index is -1.47. The summed E-state index contributed by atoms with van der Waals surface area (Å²) in [6.07, 6.45) is 3.17. The highest BCUT2D eigenvalue weighted by Gasteiger charge is 2.41. The number of rotatable bonds is 13. The molecule has 0 bridgehead atoms. The maximum absolute atomic E-state index is 14.5. The van der Waals surface area contributed by atoms with E-state index < -0.39 is 83.7 Å². The zero-order valence-corrected chi connectivity index (χ0v) is 32.5. The number of guanidine groups is 1. The van der Waals surface area contributed by atoms with Gasteiger partial charge in [-0.15, -0.1) is 0 Å². The lowest BCUT2D eigenvalue weighted by Gasteiger charge is -2.33. The molecule has 1 aromatic heterocycles. The molecule has 1 aromatic carbocycles. The van der Waals surface area contributed by atoms with Crippen LogP contribution in [0.3, 0.4) is 0 Å². The first-order chi connectivity index (χ1) is 26.7. The number of aromatic amines is 1. The fourth-order valence-corrected chi connectivity index (χ4v) is 7.16. The van der Waals surface area contributed by atoms with Gasteiger partial charge in [0.1, 0.15) is 36.3 Å². The van der Waals surface area contributed by atoms with E-state index in [1.165, 1.54) is 11.8 Å². The highest BCUT2D eigenvalue weighted by atomic mass is 16.3. The quantitative estimate of drug-likeness (QED) is 0.0655. The smallest absolute Gasteiger partial charge is 0.246 e. The van der Waals surface area contributed by atoms with E-state index >= 15 is 0 Å². The Bertz CT molecular complexity index is 1730. The van der Waals surface area contributed by atoms with E-state index in [9.17, 15) is 33.9 Å². The molecule has 0 unspecified atom stereocenters. The Morgan fingerprint density at radius 2 is 1.46 bits per heavy atom. The summed E-state index contributed by atoms with van der Waals surface area (Å²) in [5, 5.41) is 25.3. The van der Waals surface area contributed by atoms with Crippen LogP contribution in [0.15, 0.2) is 35.5 Å². The number of nitrogens with two attached hydrogens (primary N) is 3. The van der Waals surface area contributed by atoms with Crippen molar-refractivity contribution < 1.29 is 33.9 Å². The molecule has 0 saturated carbocycles. The van der Waals surface area contributed by atoms with Gasteiger partial charge in [-0.1, -0.05) is 38.5 Å². The van der Waals surface area contributed by atoms with E-state index in [0.717, 1.165) is 16.5 Å². The number of hydrogen-bond acceptors (Lipinski definition) is 9. The van der Waals surface area contributed by atoms with Gasteiger partial charge < -0.3 is 58.8 Å². The molecule has 18 nitrogen and oxygen atoms in total. The standard InChI is InChI=1S/C38H59N11O7/c1-4-21(2)30-35(54)45-26(13-7-8-16-39)32(51)44-27(14-9-17-42-38(40)41)33(52)46-28(19-23-20-43-25-12-6-5-11-24(23)25)37(56)49-18-10-15-29(49)34(53)48-31(22(3)50)36(55)47-30/h5-6,11-12,20-22,26-31,43,50H,4,7-10,13-19,39H2,1-3H3,(H,44,51)(H,45,54)(H,46,52)(H,47,55)(H,48,53)(H4,40,41,42)/t21-,22+,26+,27-,28-,29+,30-,31-/m0/s1. The number of benzene rings is 1. The minimum absolute atomic E-state index is 0.0432. The van der Waals surface area contributed by atoms with Gasteiger partial charge in [-0.25, -0.2) is 0 Å². The Labute approximate surface area is 326 Å². The minimum Gasteiger partial charge on any atom is -0.391 e. The predicted octanol–water partition coefficient (Wildman–Crippen LogP) is -1.25. The molecule has 2 aliphatic heterocycles. The molecular weight excluding hydrogens is 722 g/mol. The van der Waals surface area contributed by atoms with E-state index in [-0.39, 0.29) is 51.2 Å². The number of aliphatic hydroxyl groups is 1. The lowest BCUT2D eigenvalue weighted by molar-refractivity contribution is -0.143. The zero-order valence-electron chi connectivity index (χ0n) is 32.5. The molecule has 8 atom stereocenters. The number of aromatic nitrogens is 1. The summed E-state index contributed by atoms with van der Waals surface area (Å²) >= 11 is 0. The Balaban J connectivity index is 1.79. The van der Waals surface area contributed by atoms with Crippen LogP contribution in [0.5, 0.6) is 0 Å². The molecule has 2 aliphatic rings. The van der Waals surface area contributed by atoms with E-state index in [1.807, 2.05) is 31.2 Å². The van der Waals surface area contributed by atoms with Crippen molar-refractivity contribution in [3.8, 4) is 0 Å². The van der Waals surface area contributed by atoms with Crippen LogP contribution in [0.1, 0.15) is 77.7 Å². The number of unbranched alkanes of at least 4 members (excludes halogenated alkanes) is 1. The summed E-state index contributed by atoms with van der Waals surface area (Å²) in [4.78, 5) is 93.1. The van der Waals surface area contributed by atoms with Gasteiger partial charge in [0.2, 0.25) is 35.4 Å². The van der Waals surface area contributed by atoms with Crippen molar-refractivity contribution in [3.05, 3.63) is 36.0 Å². The molecular formula is C38H59N11O7. The largest absolute Gasteiger partial charge is 0.391 e. The molecule has 2 aromatic rings. The van der Waals surface area contributed by atoms with E-state index in [1.54, 1.807) is 13.1 Å². The second-order valence-corrected chi connectivity index (χ2v) is 14.8. The molecule has 2 fully saturated rings. The Hall–Kier alpha value is -5.23. The maximum Gasteiger partial charge on any atom is 0.246 e. The van der Waals surface area contributed by atoms with Crippen molar-refractivity contribution >= 4 is 52.3 Å². The van der Waals surface area contributed by atoms with Crippen LogP contribution in [0.4, 0.5) is 0 Å². The monoisotopic (exact) mass is 781 g/mol. The number of para-hydroxylation sites is 1.